The van der Waals surface area contributed by atoms with Crippen LogP contribution in [0.3, 0.4) is 0 Å². The van der Waals surface area contributed by atoms with Crippen molar-refractivity contribution in [1.82, 2.24) is 24.6 Å². The van der Waals surface area contributed by atoms with E-state index in [4.69, 9.17) is 28.2 Å². The maximum Gasteiger partial charge on any atom is 0.254 e. The minimum absolute atomic E-state index is 0.0376. The summed E-state index contributed by atoms with van der Waals surface area (Å²) in [5, 5.41) is 6.44. The van der Waals surface area contributed by atoms with Crippen LogP contribution in [0.15, 0.2) is 54.7 Å². The van der Waals surface area contributed by atoms with Crippen LogP contribution in [0.25, 0.3) is 22.2 Å². The van der Waals surface area contributed by atoms with E-state index in [-0.39, 0.29) is 5.91 Å². The van der Waals surface area contributed by atoms with Crippen molar-refractivity contribution in [3.63, 3.8) is 0 Å². The number of carbonyl (C=O) groups excluding carboxylic acids is 1. The molecule has 0 aliphatic carbocycles. The van der Waals surface area contributed by atoms with E-state index < -0.39 is 0 Å². The monoisotopic (exact) mass is 493 g/mol. The van der Waals surface area contributed by atoms with Crippen LogP contribution in [0, 0.1) is 6.92 Å². The molecule has 1 aliphatic heterocycles. The highest BCUT2D eigenvalue weighted by Crippen LogP contribution is 2.28. The van der Waals surface area contributed by atoms with Crippen molar-refractivity contribution in [2.45, 2.75) is 13.5 Å². The molecule has 1 fully saturated rings. The van der Waals surface area contributed by atoms with Crippen LogP contribution in [0.5, 0.6) is 0 Å². The van der Waals surface area contributed by atoms with Crippen LogP contribution in [0.1, 0.15) is 21.6 Å². The number of carbonyl (C=O) groups is 1. The quantitative estimate of drug-likeness (QED) is 0.391. The largest absolute Gasteiger partial charge is 0.336 e. The number of para-hydroxylation sites is 1. The van der Waals surface area contributed by atoms with E-state index in [0.29, 0.717) is 28.7 Å². The van der Waals surface area contributed by atoms with Crippen molar-refractivity contribution in [2.75, 3.05) is 26.2 Å². The van der Waals surface area contributed by atoms with Crippen molar-refractivity contribution in [3.05, 3.63) is 81.6 Å². The molecule has 6 nitrogen and oxygen atoms in total. The molecule has 0 N–H and O–H groups in total. The molecule has 1 saturated heterocycles. The lowest BCUT2D eigenvalue weighted by atomic mass is 10.0. The molecule has 0 radical (unpaired) electrons. The zero-order valence-corrected chi connectivity index (χ0v) is 20.6. The Kier molecular flexibility index (Phi) is 6.30. The first-order chi connectivity index (χ1) is 16.4. The highest BCUT2D eigenvalue weighted by Gasteiger charge is 2.25. The summed E-state index contributed by atoms with van der Waals surface area (Å²) in [5.41, 5.74) is 5.21. The second-order valence-corrected chi connectivity index (χ2v) is 9.51. The molecule has 0 saturated carbocycles. The maximum absolute atomic E-state index is 13.7. The standard InChI is InChI=1S/C26H25Cl2N5O/c1-17-21(16-31(2)30-17)25-14-20(19-5-3-4-6-24(19)29-25)26(34)33-11-9-32(10-12-33)15-18-7-8-22(27)23(28)13-18/h3-8,13-14,16H,9-12,15H2,1-2H3. The Balaban J connectivity index is 1.37. The first-order valence-corrected chi connectivity index (χ1v) is 12.0. The van der Waals surface area contributed by atoms with Gasteiger partial charge in [0.2, 0.25) is 0 Å². The topological polar surface area (TPSA) is 54.3 Å². The van der Waals surface area contributed by atoms with E-state index in [0.717, 1.165) is 53.1 Å². The van der Waals surface area contributed by atoms with Gasteiger partial charge in [-0.25, -0.2) is 4.98 Å². The van der Waals surface area contributed by atoms with Gasteiger partial charge in [0.05, 0.1) is 32.5 Å². The minimum atomic E-state index is 0.0376. The molecule has 1 amide bonds. The van der Waals surface area contributed by atoms with Crippen molar-refractivity contribution < 1.29 is 4.79 Å². The third-order valence-corrected chi connectivity index (χ3v) is 7.02. The summed E-state index contributed by atoms with van der Waals surface area (Å²) in [7, 11) is 1.89. The lowest BCUT2D eigenvalue weighted by Crippen LogP contribution is -2.48. The SMILES string of the molecule is Cc1nn(C)cc1-c1cc(C(=O)N2CCN(Cc3ccc(Cl)c(Cl)c3)CC2)c2ccccc2n1. The summed E-state index contributed by atoms with van der Waals surface area (Å²) in [5.74, 6) is 0.0376. The fourth-order valence-corrected chi connectivity index (χ4v) is 4.84. The van der Waals surface area contributed by atoms with Crippen LogP contribution in [0.4, 0.5) is 0 Å². The molecule has 4 aromatic rings. The van der Waals surface area contributed by atoms with Crippen molar-refractivity contribution in [3.8, 4) is 11.3 Å². The fraction of sp³-hybridized carbons (Fsp3) is 0.269. The number of hydrogen-bond acceptors (Lipinski definition) is 4. The van der Waals surface area contributed by atoms with Gasteiger partial charge < -0.3 is 4.90 Å². The molecule has 3 heterocycles. The van der Waals surface area contributed by atoms with Crippen LogP contribution in [-0.4, -0.2) is 56.7 Å². The molecule has 5 rings (SSSR count). The molecule has 34 heavy (non-hydrogen) atoms. The summed E-state index contributed by atoms with van der Waals surface area (Å²) in [6.07, 6.45) is 1.95. The molecule has 1 aliphatic rings. The zero-order chi connectivity index (χ0) is 23.8. The Hall–Kier alpha value is -2.93. The number of nitrogens with zero attached hydrogens (tertiary/aromatic N) is 5. The molecule has 2 aromatic carbocycles. The van der Waals surface area contributed by atoms with E-state index in [1.54, 1.807) is 4.68 Å². The second kappa shape index (κ2) is 9.37. The Morgan fingerprint density at radius 2 is 1.76 bits per heavy atom. The van der Waals surface area contributed by atoms with E-state index >= 15 is 0 Å². The summed E-state index contributed by atoms with van der Waals surface area (Å²) >= 11 is 12.2. The van der Waals surface area contributed by atoms with Gasteiger partial charge in [0.15, 0.2) is 0 Å². The zero-order valence-electron chi connectivity index (χ0n) is 19.1. The Labute approximate surface area is 208 Å². The first-order valence-electron chi connectivity index (χ1n) is 11.2. The number of fused-ring (bicyclic) bond motifs is 1. The van der Waals surface area contributed by atoms with Crippen molar-refractivity contribution in [1.29, 1.82) is 0 Å². The number of benzene rings is 2. The third kappa shape index (κ3) is 4.53. The summed E-state index contributed by atoms with van der Waals surface area (Å²) < 4.78 is 1.77. The molecular formula is C26H25Cl2N5O. The molecule has 0 bridgehead atoms. The second-order valence-electron chi connectivity index (χ2n) is 8.69. The number of hydrogen-bond donors (Lipinski definition) is 0. The number of aromatic nitrogens is 3. The van der Waals surface area contributed by atoms with Crippen molar-refractivity contribution in [2.24, 2.45) is 7.05 Å². The van der Waals surface area contributed by atoms with Crippen LogP contribution in [0.2, 0.25) is 10.0 Å². The predicted molar refractivity (Wildman–Crippen MR) is 136 cm³/mol. The Morgan fingerprint density at radius 1 is 1.00 bits per heavy atom. The molecule has 0 spiro atoms. The average molecular weight is 494 g/mol. The van der Waals surface area contributed by atoms with Gasteiger partial charge in [-0.2, -0.15) is 5.10 Å². The maximum atomic E-state index is 13.7. The minimum Gasteiger partial charge on any atom is -0.336 e. The first kappa shape index (κ1) is 22.8. The molecule has 0 unspecified atom stereocenters. The third-order valence-electron chi connectivity index (χ3n) is 6.29. The highest BCUT2D eigenvalue weighted by molar-refractivity contribution is 6.42. The summed E-state index contributed by atoms with van der Waals surface area (Å²) in [6.45, 7) is 5.66. The fourth-order valence-electron chi connectivity index (χ4n) is 4.52. The highest BCUT2D eigenvalue weighted by atomic mass is 35.5. The van der Waals surface area contributed by atoms with Gasteiger partial charge in [-0.3, -0.25) is 14.4 Å². The van der Waals surface area contributed by atoms with Crippen LogP contribution >= 0.6 is 23.2 Å². The Bertz CT molecular complexity index is 1380. The number of aryl methyl sites for hydroxylation is 2. The van der Waals surface area contributed by atoms with Crippen molar-refractivity contribution >= 4 is 40.0 Å². The molecule has 0 atom stereocenters. The number of piperazine rings is 1. The normalized spacial score (nSPS) is 14.6. The number of amides is 1. The molecule has 174 valence electrons. The number of halogens is 2. The smallest absolute Gasteiger partial charge is 0.254 e. The number of pyridine rings is 1. The molecule has 8 heteroatoms. The van der Waals surface area contributed by atoms with Crippen LogP contribution < -0.4 is 0 Å². The van der Waals surface area contributed by atoms with E-state index in [2.05, 4.69) is 10.00 Å². The van der Waals surface area contributed by atoms with Gasteiger partial charge in [0.1, 0.15) is 0 Å². The Morgan fingerprint density at radius 3 is 2.47 bits per heavy atom. The van der Waals surface area contributed by atoms with E-state index in [9.17, 15) is 4.79 Å². The summed E-state index contributed by atoms with van der Waals surface area (Å²) in [6, 6.07) is 15.5. The van der Waals surface area contributed by atoms with Gasteiger partial charge in [-0.05, 0) is 36.8 Å². The van der Waals surface area contributed by atoms with Gasteiger partial charge in [-0.1, -0.05) is 47.5 Å². The lowest BCUT2D eigenvalue weighted by molar-refractivity contribution is 0.0630. The molecular weight excluding hydrogens is 469 g/mol. The van der Waals surface area contributed by atoms with E-state index in [1.165, 1.54) is 0 Å². The van der Waals surface area contributed by atoms with Gasteiger partial charge in [0.25, 0.3) is 5.91 Å². The number of rotatable bonds is 4. The van der Waals surface area contributed by atoms with Crippen LogP contribution in [-0.2, 0) is 13.6 Å². The predicted octanol–water partition coefficient (Wildman–Crippen LogP) is 5.21. The van der Waals surface area contributed by atoms with Gasteiger partial charge in [0, 0.05) is 56.9 Å². The average Bonchev–Trinajstić information content (AvgIpc) is 3.18. The van der Waals surface area contributed by atoms with E-state index in [1.807, 2.05) is 73.6 Å². The lowest BCUT2D eigenvalue weighted by Gasteiger charge is -2.35. The summed E-state index contributed by atoms with van der Waals surface area (Å²) in [4.78, 5) is 22.8. The molecule has 2 aromatic heterocycles. The van der Waals surface area contributed by atoms with Gasteiger partial charge >= 0.3 is 0 Å². The van der Waals surface area contributed by atoms with Gasteiger partial charge in [-0.15, -0.1) is 0 Å².